The molecule has 1 aliphatic heterocycles. The van der Waals surface area contributed by atoms with Crippen LogP contribution in [0.3, 0.4) is 0 Å². The number of rotatable bonds is 5. The minimum Gasteiger partial charge on any atom is -0.476 e. The summed E-state index contributed by atoms with van der Waals surface area (Å²) in [5.74, 6) is 0.347. The van der Waals surface area contributed by atoms with Gasteiger partial charge in [-0.3, -0.25) is 4.79 Å². The first-order valence-electron chi connectivity index (χ1n) is 7.67. The van der Waals surface area contributed by atoms with Crippen molar-refractivity contribution in [2.45, 2.75) is 58.3 Å². The highest BCUT2D eigenvalue weighted by Crippen LogP contribution is 2.29. The lowest BCUT2D eigenvalue weighted by Gasteiger charge is -2.29. The molecule has 1 fully saturated rings. The summed E-state index contributed by atoms with van der Waals surface area (Å²) in [4.78, 5) is 12.5. The lowest BCUT2D eigenvalue weighted by Crippen LogP contribution is -2.52. The van der Waals surface area contributed by atoms with Crippen LogP contribution in [0.15, 0.2) is 18.2 Å². The van der Waals surface area contributed by atoms with Gasteiger partial charge < -0.3 is 14.8 Å². The molecule has 0 bridgehead atoms. The predicted molar refractivity (Wildman–Crippen MR) is 87.5 cm³/mol. The number of amides is 1. The minimum atomic E-state index is -1.01. The smallest absolute Gasteiger partial charge is 0.263 e. The van der Waals surface area contributed by atoms with Crippen molar-refractivity contribution in [3.05, 3.63) is 28.8 Å². The molecule has 1 aliphatic rings. The van der Waals surface area contributed by atoms with Crippen molar-refractivity contribution in [2.24, 2.45) is 0 Å². The van der Waals surface area contributed by atoms with Crippen molar-refractivity contribution in [1.82, 2.24) is 5.32 Å². The Morgan fingerprint density at radius 1 is 1.50 bits per heavy atom. The zero-order valence-electron chi connectivity index (χ0n) is 13.6. The van der Waals surface area contributed by atoms with Gasteiger partial charge >= 0.3 is 0 Å². The molecule has 0 aromatic heterocycles. The third kappa shape index (κ3) is 4.14. The van der Waals surface area contributed by atoms with Crippen molar-refractivity contribution in [1.29, 1.82) is 0 Å². The summed E-state index contributed by atoms with van der Waals surface area (Å²) in [5, 5.41) is 3.48. The number of hydrogen-bond donors (Lipinski definition) is 1. The van der Waals surface area contributed by atoms with Gasteiger partial charge in [0.1, 0.15) is 5.75 Å². The summed E-state index contributed by atoms with van der Waals surface area (Å²) in [6.45, 7) is 8.16. The molecule has 5 heteroatoms. The number of hydrogen-bond acceptors (Lipinski definition) is 3. The van der Waals surface area contributed by atoms with E-state index < -0.39 is 5.60 Å². The van der Waals surface area contributed by atoms with Gasteiger partial charge in [0.05, 0.1) is 17.2 Å². The maximum absolute atomic E-state index is 12.5. The molecule has 1 aromatic rings. The van der Waals surface area contributed by atoms with Crippen LogP contribution in [0, 0.1) is 6.92 Å². The molecule has 1 N–H and O–H groups in total. The fourth-order valence-corrected chi connectivity index (χ4v) is 2.64. The molecule has 0 radical (unpaired) electrons. The SMILES string of the molecule is Cc1ccc(Cl)c(OC(C)(C)C(=O)N[C@@H](C)[C@H]2CCCO2)c1. The fraction of sp³-hybridized carbons (Fsp3) is 0.588. The van der Waals surface area contributed by atoms with Gasteiger partial charge in [0.15, 0.2) is 5.60 Å². The number of carbonyl (C=O) groups excluding carboxylic acids is 1. The predicted octanol–water partition coefficient (Wildman–Crippen LogP) is 3.49. The molecule has 2 rings (SSSR count). The average molecular weight is 326 g/mol. The molecule has 0 saturated carbocycles. The summed E-state index contributed by atoms with van der Waals surface area (Å²) in [6.07, 6.45) is 2.11. The number of aryl methyl sites for hydroxylation is 1. The number of nitrogens with one attached hydrogen (secondary N) is 1. The maximum atomic E-state index is 12.5. The number of halogens is 1. The van der Waals surface area contributed by atoms with Gasteiger partial charge in [0.25, 0.3) is 5.91 Å². The molecule has 122 valence electrons. The molecule has 1 heterocycles. The zero-order valence-corrected chi connectivity index (χ0v) is 14.4. The minimum absolute atomic E-state index is 0.0362. The lowest BCUT2D eigenvalue weighted by molar-refractivity contribution is -0.135. The fourth-order valence-electron chi connectivity index (χ4n) is 2.48. The third-order valence-corrected chi connectivity index (χ3v) is 4.19. The van der Waals surface area contributed by atoms with Gasteiger partial charge in [-0.05, 0) is 58.2 Å². The second kappa shape index (κ2) is 6.88. The van der Waals surface area contributed by atoms with E-state index in [0.29, 0.717) is 10.8 Å². The van der Waals surface area contributed by atoms with Crippen LogP contribution in [0.25, 0.3) is 0 Å². The first kappa shape index (κ1) is 17.1. The van der Waals surface area contributed by atoms with Crippen LogP contribution in [0.1, 0.15) is 39.2 Å². The zero-order chi connectivity index (χ0) is 16.3. The Hall–Kier alpha value is -1.26. The first-order chi connectivity index (χ1) is 10.3. The van der Waals surface area contributed by atoms with Crippen LogP contribution < -0.4 is 10.1 Å². The van der Waals surface area contributed by atoms with Crippen LogP contribution in [-0.4, -0.2) is 30.3 Å². The normalized spacial score (nSPS) is 19.8. The Balaban J connectivity index is 2.02. The van der Waals surface area contributed by atoms with Gasteiger partial charge in [-0.1, -0.05) is 17.7 Å². The standard InChI is InChI=1S/C17H24ClNO3/c1-11-7-8-13(18)15(10-11)22-17(3,4)16(20)19-12(2)14-6-5-9-21-14/h7-8,10,12,14H,5-6,9H2,1-4H3,(H,19,20)/t12-,14+/m0/s1. The lowest BCUT2D eigenvalue weighted by atomic mass is 10.1. The molecule has 4 nitrogen and oxygen atoms in total. The van der Waals surface area contributed by atoms with Gasteiger partial charge in [0, 0.05) is 6.61 Å². The van der Waals surface area contributed by atoms with Crippen LogP contribution in [0.5, 0.6) is 5.75 Å². The topological polar surface area (TPSA) is 47.6 Å². The molecule has 22 heavy (non-hydrogen) atoms. The van der Waals surface area contributed by atoms with Gasteiger partial charge in [-0.2, -0.15) is 0 Å². The second-order valence-electron chi connectivity index (χ2n) is 6.36. The van der Waals surface area contributed by atoms with E-state index in [1.807, 2.05) is 26.0 Å². The van der Waals surface area contributed by atoms with E-state index in [-0.39, 0.29) is 18.1 Å². The van der Waals surface area contributed by atoms with Crippen LogP contribution in [0.4, 0.5) is 0 Å². The van der Waals surface area contributed by atoms with E-state index in [4.69, 9.17) is 21.1 Å². The Morgan fingerprint density at radius 2 is 2.23 bits per heavy atom. The van der Waals surface area contributed by atoms with Crippen LogP contribution >= 0.6 is 11.6 Å². The molecule has 0 unspecified atom stereocenters. The van der Waals surface area contributed by atoms with E-state index in [2.05, 4.69) is 5.32 Å². The first-order valence-corrected chi connectivity index (χ1v) is 8.05. The van der Waals surface area contributed by atoms with E-state index in [1.54, 1.807) is 19.9 Å². The Morgan fingerprint density at radius 3 is 2.86 bits per heavy atom. The molecular weight excluding hydrogens is 302 g/mol. The molecule has 1 aromatic carbocycles. The molecular formula is C17H24ClNO3. The molecule has 1 saturated heterocycles. The summed E-state index contributed by atoms with van der Waals surface area (Å²) < 4.78 is 11.5. The Bertz CT molecular complexity index is 539. The Kier molecular flexibility index (Phi) is 5.35. The molecule has 1 amide bonds. The highest BCUT2D eigenvalue weighted by molar-refractivity contribution is 6.32. The van der Waals surface area contributed by atoms with Crippen molar-refractivity contribution in [3.8, 4) is 5.75 Å². The highest BCUT2D eigenvalue weighted by atomic mass is 35.5. The number of benzene rings is 1. The van der Waals surface area contributed by atoms with Crippen LogP contribution in [0.2, 0.25) is 5.02 Å². The summed E-state index contributed by atoms with van der Waals surface area (Å²) in [5.41, 5.74) is 0.0212. The number of ether oxygens (including phenoxy) is 2. The van der Waals surface area contributed by atoms with Crippen LogP contribution in [-0.2, 0) is 9.53 Å². The van der Waals surface area contributed by atoms with E-state index >= 15 is 0 Å². The summed E-state index contributed by atoms with van der Waals surface area (Å²) in [6, 6.07) is 5.48. The average Bonchev–Trinajstić information content (AvgIpc) is 2.96. The Labute approximate surface area is 137 Å². The molecule has 0 spiro atoms. The monoisotopic (exact) mass is 325 g/mol. The molecule has 2 atom stereocenters. The highest BCUT2D eigenvalue weighted by Gasteiger charge is 2.33. The van der Waals surface area contributed by atoms with E-state index in [0.717, 1.165) is 25.0 Å². The molecule has 0 aliphatic carbocycles. The largest absolute Gasteiger partial charge is 0.476 e. The third-order valence-electron chi connectivity index (χ3n) is 3.88. The van der Waals surface area contributed by atoms with Crippen molar-refractivity contribution in [2.75, 3.05) is 6.61 Å². The van der Waals surface area contributed by atoms with Crippen molar-refractivity contribution in [3.63, 3.8) is 0 Å². The van der Waals surface area contributed by atoms with E-state index in [9.17, 15) is 4.79 Å². The van der Waals surface area contributed by atoms with Gasteiger partial charge in [0.2, 0.25) is 0 Å². The quantitative estimate of drug-likeness (QED) is 0.901. The summed E-state index contributed by atoms with van der Waals surface area (Å²) >= 11 is 6.14. The van der Waals surface area contributed by atoms with Gasteiger partial charge in [-0.25, -0.2) is 0 Å². The second-order valence-corrected chi connectivity index (χ2v) is 6.77. The maximum Gasteiger partial charge on any atom is 0.263 e. The van der Waals surface area contributed by atoms with Crippen molar-refractivity contribution < 1.29 is 14.3 Å². The number of carbonyl (C=O) groups is 1. The van der Waals surface area contributed by atoms with E-state index in [1.165, 1.54) is 0 Å². The summed E-state index contributed by atoms with van der Waals surface area (Å²) in [7, 11) is 0. The van der Waals surface area contributed by atoms with Crippen molar-refractivity contribution >= 4 is 17.5 Å². The van der Waals surface area contributed by atoms with Gasteiger partial charge in [-0.15, -0.1) is 0 Å².